The molecule has 180 valence electrons. The second-order valence-electron chi connectivity index (χ2n) is 10.7. The van der Waals surface area contributed by atoms with E-state index in [1.54, 1.807) is 0 Å². The predicted octanol–water partition coefficient (Wildman–Crippen LogP) is 3.96. The second-order valence-corrected chi connectivity index (χ2v) is 12.2. The SMILES string of the molecule is CC1(C)[C@H]2CC[C@]1(CS(=O)(=O)O)C(=O)C2.O=C(O)C1C=CCC12CCNc1ccccc1C2. The number of fused-ring (bicyclic) bond motifs is 3. The summed E-state index contributed by atoms with van der Waals surface area (Å²) in [5, 5.41) is 12.8. The molecule has 1 heterocycles. The number of para-hydroxylation sites is 1. The molecule has 0 aromatic heterocycles. The van der Waals surface area contributed by atoms with E-state index in [0.717, 1.165) is 37.9 Å². The van der Waals surface area contributed by atoms with Gasteiger partial charge in [-0.05, 0) is 60.5 Å². The zero-order valence-electron chi connectivity index (χ0n) is 19.2. The molecule has 2 fully saturated rings. The number of anilines is 1. The molecule has 33 heavy (non-hydrogen) atoms. The lowest BCUT2D eigenvalue weighted by molar-refractivity contribution is -0.143. The summed E-state index contributed by atoms with van der Waals surface area (Å²) in [6.07, 6.45) is 8.51. The Morgan fingerprint density at radius 1 is 1.21 bits per heavy atom. The van der Waals surface area contributed by atoms with E-state index in [2.05, 4.69) is 17.4 Å². The minimum Gasteiger partial charge on any atom is -0.481 e. The summed E-state index contributed by atoms with van der Waals surface area (Å²) in [7, 11) is -4.08. The van der Waals surface area contributed by atoms with Crippen LogP contribution in [-0.2, 0) is 26.1 Å². The fourth-order valence-corrected chi connectivity index (χ4v) is 8.03. The number of rotatable bonds is 3. The lowest BCUT2D eigenvalue weighted by Gasteiger charge is -2.35. The van der Waals surface area contributed by atoms with Gasteiger partial charge in [-0.3, -0.25) is 14.1 Å². The number of hydrogen-bond acceptors (Lipinski definition) is 5. The van der Waals surface area contributed by atoms with Crippen LogP contribution >= 0.6 is 0 Å². The van der Waals surface area contributed by atoms with Crippen molar-refractivity contribution in [2.24, 2.45) is 28.1 Å². The first-order valence-electron chi connectivity index (χ1n) is 11.6. The Kier molecular flexibility index (Phi) is 5.98. The number of nitrogens with one attached hydrogen (secondary N) is 1. The summed E-state index contributed by atoms with van der Waals surface area (Å²) >= 11 is 0. The summed E-state index contributed by atoms with van der Waals surface area (Å²) in [6, 6.07) is 8.22. The number of carboxylic acid groups (broad SMARTS) is 1. The van der Waals surface area contributed by atoms with Crippen LogP contribution in [-0.4, -0.2) is 42.1 Å². The number of Topliss-reactive ketones (excluding diaryl/α,β-unsaturated/α-hetero) is 1. The van der Waals surface area contributed by atoms with Gasteiger partial charge < -0.3 is 10.4 Å². The molecule has 1 aromatic rings. The first-order chi connectivity index (χ1) is 15.4. The summed E-state index contributed by atoms with van der Waals surface area (Å²) in [4.78, 5) is 23.3. The Bertz CT molecular complexity index is 1090. The second kappa shape index (κ2) is 8.24. The highest BCUT2D eigenvalue weighted by Gasteiger charge is 2.65. The molecule has 3 aliphatic carbocycles. The molecule has 0 saturated heterocycles. The van der Waals surface area contributed by atoms with Crippen LogP contribution in [0.4, 0.5) is 5.69 Å². The van der Waals surface area contributed by atoms with Crippen molar-refractivity contribution in [3.63, 3.8) is 0 Å². The Labute approximate surface area is 195 Å². The van der Waals surface area contributed by atoms with Crippen molar-refractivity contribution < 1.29 is 27.7 Å². The van der Waals surface area contributed by atoms with Crippen molar-refractivity contribution in [3.05, 3.63) is 42.0 Å². The molecule has 1 spiro atoms. The molecule has 1 aromatic carbocycles. The number of carbonyl (C=O) groups excluding carboxylic acids is 1. The maximum atomic E-state index is 11.9. The molecule has 3 N–H and O–H groups in total. The number of allylic oxidation sites excluding steroid dienone is 1. The van der Waals surface area contributed by atoms with Crippen LogP contribution in [0.5, 0.6) is 0 Å². The zero-order chi connectivity index (χ0) is 24.1. The molecule has 5 rings (SSSR count). The minimum atomic E-state index is -4.08. The Hall–Kier alpha value is -2.19. The van der Waals surface area contributed by atoms with Gasteiger partial charge in [0.05, 0.1) is 17.1 Å². The minimum absolute atomic E-state index is 0.0152. The largest absolute Gasteiger partial charge is 0.481 e. The highest BCUT2D eigenvalue weighted by molar-refractivity contribution is 7.85. The maximum absolute atomic E-state index is 11.9. The third-order valence-electron chi connectivity index (χ3n) is 8.84. The van der Waals surface area contributed by atoms with E-state index in [1.807, 2.05) is 38.1 Å². The molecule has 4 aliphatic rings. The van der Waals surface area contributed by atoms with E-state index in [1.165, 1.54) is 5.56 Å². The maximum Gasteiger partial charge on any atom is 0.310 e. The van der Waals surface area contributed by atoms with Gasteiger partial charge in [0.2, 0.25) is 0 Å². The number of ketones is 1. The van der Waals surface area contributed by atoms with Crippen LogP contribution in [0.3, 0.4) is 0 Å². The van der Waals surface area contributed by atoms with E-state index in [9.17, 15) is 23.1 Å². The van der Waals surface area contributed by atoms with E-state index in [-0.39, 0.29) is 28.4 Å². The first kappa shape index (κ1) is 24.0. The number of aliphatic carboxylic acids is 1. The summed E-state index contributed by atoms with van der Waals surface area (Å²) in [5.41, 5.74) is 1.15. The summed E-state index contributed by atoms with van der Waals surface area (Å²) in [6.45, 7) is 4.74. The third-order valence-corrected chi connectivity index (χ3v) is 9.70. The van der Waals surface area contributed by atoms with Gasteiger partial charge in [-0.15, -0.1) is 0 Å². The summed E-state index contributed by atoms with van der Waals surface area (Å²) < 4.78 is 31.0. The van der Waals surface area contributed by atoms with E-state index < -0.39 is 27.3 Å². The molecule has 2 unspecified atom stereocenters. The Morgan fingerprint density at radius 3 is 2.55 bits per heavy atom. The van der Waals surface area contributed by atoms with Crippen LogP contribution in [0, 0.1) is 28.1 Å². The lowest BCUT2D eigenvalue weighted by Crippen LogP contribution is -2.42. The van der Waals surface area contributed by atoms with Gasteiger partial charge in [-0.2, -0.15) is 8.42 Å². The average molecular weight is 476 g/mol. The molecular weight excluding hydrogens is 442 g/mol. The van der Waals surface area contributed by atoms with Crippen molar-refractivity contribution >= 4 is 27.6 Å². The van der Waals surface area contributed by atoms with Crippen molar-refractivity contribution in [1.29, 1.82) is 0 Å². The monoisotopic (exact) mass is 475 g/mol. The van der Waals surface area contributed by atoms with Crippen molar-refractivity contribution in [1.82, 2.24) is 0 Å². The van der Waals surface area contributed by atoms with Gasteiger partial charge in [0, 0.05) is 18.7 Å². The standard InChI is InChI=1S/C15H17NO2.C10H16O4S/c17-14(18)12-5-3-7-15(12)8-9-16-13-6-2-1-4-11(13)10-15;1-9(2)7-3-4-10(9,8(11)5-7)6-15(12,13)14/h1-6,12,16H,7-10H2,(H,17,18);7H,3-6H2,1-2H3,(H,12,13,14)/t;7-,10-/m.0/s1. The van der Waals surface area contributed by atoms with Crippen molar-refractivity contribution in [2.45, 2.75) is 52.4 Å². The van der Waals surface area contributed by atoms with Gasteiger partial charge in [-0.25, -0.2) is 0 Å². The number of hydrogen-bond donors (Lipinski definition) is 3. The molecule has 2 bridgehead atoms. The molecule has 1 aliphatic heterocycles. The summed E-state index contributed by atoms with van der Waals surface area (Å²) in [5.74, 6) is -1.13. The number of carboxylic acids is 1. The predicted molar refractivity (Wildman–Crippen MR) is 126 cm³/mol. The third kappa shape index (κ3) is 4.12. The quantitative estimate of drug-likeness (QED) is 0.447. The topological polar surface area (TPSA) is 121 Å². The highest BCUT2D eigenvalue weighted by atomic mass is 32.2. The van der Waals surface area contributed by atoms with Gasteiger partial charge in [0.25, 0.3) is 10.1 Å². The Balaban J connectivity index is 0.000000160. The lowest BCUT2D eigenvalue weighted by atomic mass is 9.70. The molecular formula is C25H33NO6S. The van der Waals surface area contributed by atoms with E-state index in [0.29, 0.717) is 12.8 Å². The van der Waals surface area contributed by atoms with Crippen LogP contribution in [0.15, 0.2) is 36.4 Å². The Morgan fingerprint density at radius 2 is 1.94 bits per heavy atom. The van der Waals surface area contributed by atoms with E-state index >= 15 is 0 Å². The number of benzene rings is 1. The number of carbonyl (C=O) groups is 2. The molecule has 2 saturated carbocycles. The fourth-order valence-electron chi connectivity index (χ4n) is 6.73. The van der Waals surface area contributed by atoms with Crippen LogP contribution in [0.1, 0.15) is 51.5 Å². The van der Waals surface area contributed by atoms with Gasteiger partial charge >= 0.3 is 5.97 Å². The van der Waals surface area contributed by atoms with Crippen LogP contribution < -0.4 is 5.32 Å². The normalized spacial score (nSPS) is 33.7. The van der Waals surface area contributed by atoms with Crippen LogP contribution in [0.2, 0.25) is 0 Å². The highest BCUT2D eigenvalue weighted by Crippen LogP contribution is 2.64. The smallest absolute Gasteiger partial charge is 0.310 e. The molecule has 7 nitrogen and oxygen atoms in total. The average Bonchev–Trinajstić information content (AvgIpc) is 3.21. The van der Waals surface area contributed by atoms with Gasteiger partial charge in [-0.1, -0.05) is 44.2 Å². The van der Waals surface area contributed by atoms with E-state index in [4.69, 9.17) is 4.55 Å². The molecule has 4 atom stereocenters. The van der Waals surface area contributed by atoms with Crippen molar-refractivity contribution in [3.8, 4) is 0 Å². The molecule has 8 heteroatoms. The molecule has 0 radical (unpaired) electrons. The fraction of sp³-hybridized carbons (Fsp3) is 0.600. The molecule has 0 amide bonds. The zero-order valence-corrected chi connectivity index (χ0v) is 20.0. The van der Waals surface area contributed by atoms with Crippen molar-refractivity contribution in [2.75, 3.05) is 17.6 Å². The van der Waals surface area contributed by atoms with Gasteiger partial charge in [0.15, 0.2) is 0 Å². The van der Waals surface area contributed by atoms with Gasteiger partial charge in [0.1, 0.15) is 5.78 Å². The first-order valence-corrected chi connectivity index (χ1v) is 13.2. The van der Waals surface area contributed by atoms with Crippen LogP contribution in [0.25, 0.3) is 0 Å².